The third kappa shape index (κ3) is 4.28. The number of hydrogen-bond donors (Lipinski definition) is 3. The number of aliphatic hydroxyl groups is 1. The van der Waals surface area contributed by atoms with Crippen LogP contribution in [0.3, 0.4) is 0 Å². The first kappa shape index (κ1) is 18.5. The molecule has 3 rings (SSSR count). The number of aryl methyl sites for hydroxylation is 1. The number of nitrogens with one attached hydrogen (secondary N) is 1. The standard InChI is InChI=1S/C20H20N4O3/c1-12-3-5-13(6-4-12)16-11-22-18(21)17(24-16)19(25)23-15-9-7-14(8-10-15)20(26)27-2/h3-11,20,26H,1-2H3,(H2,21,22)(H,23,25). The number of carbonyl (C=O) groups excluding carboxylic acids is 1. The van der Waals surface area contributed by atoms with Crippen molar-refractivity contribution >= 4 is 17.4 Å². The molecule has 1 aromatic heterocycles. The summed E-state index contributed by atoms with van der Waals surface area (Å²) in [6, 6.07) is 14.4. The van der Waals surface area contributed by atoms with Crippen molar-refractivity contribution in [3.8, 4) is 11.3 Å². The molecule has 3 aromatic rings. The van der Waals surface area contributed by atoms with Crippen LogP contribution in [0.4, 0.5) is 11.5 Å². The second-order valence-corrected chi connectivity index (χ2v) is 6.02. The third-order valence-electron chi connectivity index (χ3n) is 4.04. The van der Waals surface area contributed by atoms with Gasteiger partial charge in [-0.05, 0) is 19.1 Å². The number of benzene rings is 2. The Kier molecular flexibility index (Phi) is 5.44. The molecular weight excluding hydrogens is 344 g/mol. The van der Waals surface area contributed by atoms with Gasteiger partial charge >= 0.3 is 0 Å². The fourth-order valence-electron chi connectivity index (χ4n) is 2.49. The van der Waals surface area contributed by atoms with Crippen molar-refractivity contribution in [3.63, 3.8) is 0 Å². The van der Waals surface area contributed by atoms with Crippen LogP contribution in [0.1, 0.15) is 27.9 Å². The number of ether oxygens (including phenoxy) is 1. The van der Waals surface area contributed by atoms with Crippen LogP contribution in [0.2, 0.25) is 0 Å². The van der Waals surface area contributed by atoms with E-state index < -0.39 is 12.2 Å². The summed E-state index contributed by atoms with van der Waals surface area (Å²) in [6.45, 7) is 1.99. The van der Waals surface area contributed by atoms with Gasteiger partial charge in [-0.1, -0.05) is 42.0 Å². The Balaban J connectivity index is 1.82. The minimum Gasteiger partial charge on any atom is -0.382 e. The van der Waals surface area contributed by atoms with Gasteiger partial charge in [-0.2, -0.15) is 0 Å². The molecule has 2 aromatic carbocycles. The van der Waals surface area contributed by atoms with E-state index in [-0.39, 0.29) is 11.5 Å². The van der Waals surface area contributed by atoms with E-state index in [1.807, 2.05) is 31.2 Å². The molecule has 0 aliphatic heterocycles. The summed E-state index contributed by atoms with van der Waals surface area (Å²) in [5.41, 5.74) is 9.55. The predicted molar refractivity (Wildman–Crippen MR) is 103 cm³/mol. The Labute approximate surface area is 156 Å². The first-order valence-corrected chi connectivity index (χ1v) is 8.29. The number of nitrogens with two attached hydrogens (primary N) is 1. The minimum absolute atomic E-state index is 0.0501. The van der Waals surface area contributed by atoms with Gasteiger partial charge in [0.05, 0.1) is 11.9 Å². The highest BCUT2D eigenvalue weighted by atomic mass is 16.6. The molecule has 7 heteroatoms. The zero-order chi connectivity index (χ0) is 19.4. The molecule has 7 nitrogen and oxygen atoms in total. The Morgan fingerprint density at radius 1 is 1.15 bits per heavy atom. The number of hydrogen-bond acceptors (Lipinski definition) is 6. The molecule has 1 heterocycles. The molecule has 27 heavy (non-hydrogen) atoms. The van der Waals surface area contributed by atoms with E-state index >= 15 is 0 Å². The number of nitrogens with zero attached hydrogens (tertiary/aromatic N) is 2. The van der Waals surface area contributed by atoms with Crippen LogP contribution in [-0.4, -0.2) is 28.1 Å². The average molecular weight is 364 g/mol. The highest BCUT2D eigenvalue weighted by Crippen LogP contribution is 2.21. The average Bonchev–Trinajstić information content (AvgIpc) is 2.69. The molecule has 0 saturated heterocycles. The molecule has 138 valence electrons. The van der Waals surface area contributed by atoms with Crippen LogP contribution in [0.5, 0.6) is 0 Å². The van der Waals surface area contributed by atoms with E-state index in [1.165, 1.54) is 13.3 Å². The monoisotopic (exact) mass is 364 g/mol. The van der Waals surface area contributed by atoms with E-state index in [9.17, 15) is 9.90 Å². The SMILES string of the molecule is COC(O)c1ccc(NC(=O)c2nc(-c3ccc(C)cc3)cnc2N)cc1. The van der Waals surface area contributed by atoms with Crippen molar-refractivity contribution < 1.29 is 14.6 Å². The molecule has 0 radical (unpaired) electrons. The van der Waals surface area contributed by atoms with Crippen molar-refractivity contribution in [1.29, 1.82) is 0 Å². The van der Waals surface area contributed by atoms with Crippen LogP contribution in [0.25, 0.3) is 11.3 Å². The van der Waals surface area contributed by atoms with Crippen LogP contribution in [0, 0.1) is 6.92 Å². The molecule has 0 spiro atoms. The van der Waals surface area contributed by atoms with Gasteiger partial charge in [0.25, 0.3) is 5.91 Å². The van der Waals surface area contributed by atoms with Gasteiger partial charge in [0, 0.05) is 23.9 Å². The minimum atomic E-state index is -1.01. The van der Waals surface area contributed by atoms with Crippen LogP contribution < -0.4 is 11.1 Å². The van der Waals surface area contributed by atoms with Crippen LogP contribution in [-0.2, 0) is 4.74 Å². The summed E-state index contributed by atoms with van der Waals surface area (Å²) in [5, 5.41) is 12.4. The van der Waals surface area contributed by atoms with Crippen molar-refractivity contribution in [2.45, 2.75) is 13.2 Å². The molecule has 0 aliphatic rings. The zero-order valence-corrected chi connectivity index (χ0v) is 15.0. The fraction of sp³-hybridized carbons (Fsp3) is 0.150. The Morgan fingerprint density at radius 3 is 2.44 bits per heavy atom. The van der Waals surface area contributed by atoms with E-state index in [2.05, 4.69) is 15.3 Å². The Hall–Kier alpha value is -3.29. The highest BCUT2D eigenvalue weighted by molar-refractivity contribution is 6.06. The number of nitrogen functional groups attached to an aromatic ring is 1. The maximum absolute atomic E-state index is 12.6. The molecule has 0 aliphatic carbocycles. The third-order valence-corrected chi connectivity index (χ3v) is 4.04. The van der Waals surface area contributed by atoms with Gasteiger partial charge in [0.1, 0.15) is 0 Å². The van der Waals surface area contributed by atoms with Crippen LogP contribution >= 0.6 is 0 Å². The number of aromatic nitrogens is 2. The largest absolute Gasteiger partial charge is 0.382 e. The lowest BCUT2D eigenvalue weighted by Crippen LogP contribution is -2.17. The molecule has 4 N–H and O–H groups in total. The maximum Gasteiger partial charge on any atom is 0.278 e. The molecule has 0 fully saturated rings. The first-order valence-electron chi connectivity index (χ1n) is 8.29. The second-order valence-electron chi connectivity index (χ2n) is 6.02. The molecule has 1 unspecified atom stereocenters. The zero-order valence-electron chi connectivity index (χ0n) is 15.0. The molecule has 0 bridgehead atoms. The summed E-state index contributed by atoms with van der Waals surface area (Å²) in [7, 11) is 1.41. The fourth-order valence-corrected chi connectivity index (χ4v) is 2.49. The number of anilines is 2. The topological polar surface area (TPSA) is 110 Å². The summed E-state index contributed by atoms with van der Waals surface area (Å²) in [4.78, 5) is 21.0. The van der Waals surface area contributed by atoms with Crippen LogP contribution in [0.15, 0.2) is 54.7 Å². The highest BCUT2D eigenvalue weighted by Gasteiger charge is 2.15. The smallest absolute Gasteiger partial charge is 0.278 e. The molecule has 1 amide bonds. The molecule has 0 saturated carbocycles. The van der Waals surface area contributed by atoms with E-state index in [1.54, 1.807) is 24.3 Å². The Morgan fingerprint density at radius 2 is 1.81 bits per heavy atom. The summed E-state index contributed by atoms with van der Waals surface area (Å²) < 4.78 is 4.84. The number of rotatable bonds is 5. The number of methoxy groups -OCH3 is 1. The van der Waals surface area contributed by atoms with E-state index in [4.69, 9.17) is 10.5 Å². The predicted octanol–water partition coefficient (Wildman–Crippen LogP) is 2.92. The van der Waals surface area contributed by atoms with Gasteiger partial charge in [-0.15, -0.1) is 0 Å². The molecular formula is C20H20N4O3. The summed E-state index contributed by atoms with van der Waals surface area (Å²) in [5.74, 6) is -0.413. The number of carbonyl (C=O) groups is 1. The molecule has 1 atom stereocenters. The Bertz CT molecular complexity index is 940. The van der Waals surface area contributed by atoms with E-state index in [0.717, 1.165) is 11.1 Å². The lowest BCUT2D eigenvalue weighted by atomic mass is 10.1. The van der Waals surface area contributed by atoms with Crippen molar-refractivity contribution in [2.75, 3.05) is 18.2 Å². The quantitative estimate of drug-likeness (QED) is 0.601. The number of amides is 1. The maximum atomic E-state index is 12.6. The van der Waals surface area contributed by atoms with E-state index in [0.29, 0.717) is 16.9 Å². The summed E-state index contributed by atoms with van der Waals surface area (Å²) >= 11 is 0. The van der Waals surface area contributed by atoms with Gasteiger partial charge in [-0.25, -0.2) is 9.97 Å². The van der Waals surface area contributed by atoms with Gasteiger partial charge in [-0.3, -0.25) is 4.79 Å². The summed E-state index contributed by atoms with van der Waals surface area (Å²) in [6.07, 6.45) is 0.528. The lowest BCUT2D eigenvalue weighted by molar-refractivity contribution is -0.0769. The normalized spacial score (nSPS) is 11.8. The lowest BCUT2D eigenvalue weighted by Gasteiger charge is -2.11. The van der Waals surface area contributed by atoms with Crippen molar-refractivity contribution in [2.24, 2.45) is 0 Å². The van der Waals surface area contributed by atoms with Gasteiger partial charge < -0.3 is 20.9 Å². The van der Waals surface area contributed by atoms with Gasteiger partial charge in [0.2, 0.25) is 0 Å². The van der Waals surface area contributed by atoms with Crippen molar-refractivity contribution in [1.82, 2.24) is 9.97 Å². The first-order chi connectivity index (χ1) is 13.0. The van der Waals surface area contributed by atoms with Gasteiger partial charge in [0.15, 0.2) is 17.8 Å². The second kappa shape index (κ2) is 7.94. The number of aliphatic hydroxyl groups excluding tert-OH is 1. The van der Waals surface area contributed by atoms with Crippen molar-refractivity contribution in [3.05, 3.63) is 71.5 Å².